The number of benzene rings is 1. The Bertz CT molecular complexity index is 1080. The van der Waals surface area contributed by atoms with Crippen molar-refractivity contribution in [2.45, 2.75) is 38.8 Å². The first kappa shape index (κ1) is 20.1. The SMILES string of the molecule is COc1ccc(Oc2ncc(CN3CCc4nc(C5=NCCCC5)ncc4C3)s2)cc1. The first-order chi connectivity index (χ1) is 15.3. The van der Waals surface area contributed by atoms with E-state index in [-0.39, 0.29) is 0 Å². The summed E-state index contributed by atoms with van der Waals surface area (Å²) in [6, 6.07) is 7.52. The van der Waals surface area contributed by atoms with Gasteiger partial charge in [-0.05, 0) is 43.5 Å². The minimum atomic E-state index is 0.652. The van der Waals surface area contributed by atoms with Crippen LogP contribution >= 0.6 is 11.3 Å². The van der Waals surface area contributed by atoms with Gasteiger partial charge in [0.25, 0.3) is 5.19 Å². The highest BCUT2D eigenvalue weighted by molar-refractivity contribution is 7.13. The molecule has 0 aliphatic carbocycles. The van der Waals surface area contributed by atoms with E-state index >= 15 is 0 Å². The minimum absolute atomic E-state index is 0.652. The number of methoxy groups -OCH3 is 1. The zero-order chi connectivity index (χ0) is 21.0. The maximum absolute atomic E-state index is 5.88. The van der Waals surface area contributed by atoms with E-state index in [1.165, 1.54) is 29.0 Å². The largest absolute Gasteiger partial charge is 0.497 e. The molecule has 3 aromatic rings. The predicted octanol–water partition coefficient (Wildman–Crippen LogP) is 4.27. The lowest BCUT2D eigenvalue weighted by Gasteiger charge is -2.27. The van der Waals surface area contributed by atoms with Gasteiger partial charge in [-0.2, -0.15) is 0 Å². The maximum Gasteiger partial charge on any atom is 0.278 e. The highest BCUT2D eigenvalue weighted by Gasteiger charge is 2.21. The Morgan fingerprint density at radius 3 is 2.71 bits per heavy atom. The third kappa shape index (κ3) is 4.75. The number of hydrogen-bond donors (Lipinski definition) is 0. The van der Waals surface area contributed by atoms with Gasteiger partial charge in [0.05, 0.1) is 18.5 Å². The first-order valence-electron chi connectivity index (χ1n) is 10.6. The molecule has 0 fully saturated rings. The van der Waals surface area contributed by atoms with Crippen molar-refractivity contribution >= 4 is 17.0 Å². The lowest BCUT2D eigenvalue weighted by molar-refractivity contribution is 0.245. The van der Waals surface area contributed by atoms with Crippen LogP contribution in [0.5, 0.6) is 16.7 Å². The number of fused-ring (bicyclic) bond motifs is 1. The van der Waals surface area contributed by atoms with Crippen molar-refractivity contribution in [1.82, 2.24) is 19.9 Å². The molecule has 0 N–H and O–H groups in total. The predicted molar refractivity (Wildman–Crippen MR) is 120 cm³/mol. The second-order valence-corrected chi connectivity index (χ2v) is 8.86. The zero-order valence-corrected chi connectivity index (χ0v) is 18.4. The fraction of sp³-hybridized carbons (Fsp3) is 0.391. The van der Waals surface area contributed by atoms with Gasteiger partial charge in [-0.3, -0.25) is 9.89 Å². The Morgan fingerprint density at radius 1 is 1.03 bits per heavy atom. The molecule has 8 heteroatoms. The van der Waals surface area contributed by atoms with Crippen LogP contribution in [0.25, 0.3) is 0 Å². The van der Waals surface area contributed by atoms with Gasteiger partial charge in [-0.15, -0.1) is 0 Å². The fourth-order valence-corrected chi connectivity index (χ4v) is 4.72. The molecule has 160 valence electrons. The minimum Gasteiger partial charge on any atom is -0.497 e. The number of rotatable bonds is 6. The van der Waals surface area contributed by atoms with E-state index in [4.69, 9.17) is 14.5 Å². The van der Waals surface area contributed by atoms with Crippen molar-refractivity contribution in [2.75, 3.05) is 20.2 Å². The van der Waals surface area contributed by atoms with Gasteiger partial charge in [0.2, 0.25) is 0 Å². The number of thiazole rings is 1. The Kier molecular flexibility index (Phi) is 5.90. The number of aromatic nitrogens is 3. The van der Waals surface area contributed by atoms with Crippen LogP contribution in [0.15, 0.2) is 41.7 Å². The van der Waals surface area contributed by atoms with Crippen LogP contribution in [0, 0.1) is 0 Å². The van der Waals surface area contributed by atoms with Crippen molar-refractivity contribution in [3.63, 3.8) is 0 Å². The Hall–Kier alpha value is -2.84. The number of nitrogens with zero attached hydrogens (tertiary/aromatic N) is 5. The Balaban J connectivity index is 1.21. The number of ether oxygens (including phenoxy) is 2. The normalized spacial score (nSPS) is 16.5. The summed E-state index contributed by atoms with van der Waals surface area (Å²) in [5.74, 6) is 2.39. The second kappa shape index (κ2) is 9.11. The molecule has 5 rings (SSSR count). The summed E-state index contributed by atoms with van der Waals surface area (Å²) in [5, 5.41) is 0.652. The molecule has 2 aliphatic heterocycles. The standard InChI is InChI=1S/C23H25N5O2S/c1-29-17-5-7-18(8-6-17)30-23-26-13-19(31-23)15-28-11-9-20-16(14-28)12-25-22(27-20)21-4-2-3-10-24-21/h5-8,12-13H,2-4,9-11,14-15H2,1H3. The number of hydrogen-bond acceptors (Lipinski definition) is 8. The molecule has 4 heterocycles. The summed E-state index contributed by atoms with van der Waals surface area (Å²) >= 11 is 1.58. The van der Waals surface area contributed by atoms with Crippen LogP contribution in [0.2, 0.25) is 0 Å². The molecule has 0 amide bonds. The van der Waals surface area contributed by atoms with Crippen molar-refractivity contribution in [1.29, 1.82) is 0 Å². The molecule has 0 unspecified atom stereocenters. The van der Waals surface area contributed by atoms with Crippen LogP contribution < -0.4 is 9.47 Å². The van der Waals surface area contributed by atoms with Gasteiger partial charge in [0, 0.05) is 55.4 Å². The van der Waals surface area contributed by atoms with E-state index < -0.39 is 0 Å². The monoisotopic (exact) mass is 435 g/mol. The van der Waals surface area contributed by atoms with Gasteiger partial charge in [-0.1, -0.05) is 11.3 Å². The van der Waals surface area contributed by atoms with Gasteiger partial charge >= 0.3 is 0 Å². The smallest absolute Gasteiger partial charge is 0.278 e. The molecule has 1 aromatic carbocycles. The van der Waals surface area contributed by atoms with Gasteiger partial charge in [-0.25, -0.2) is 15.0 Å². The van der Waals surface area contributed by atoms with Crippen molar-refractivity contribution in [2.24, 2.45) is 4.99 Å². The molecule has 2 aromatic heterocycles. The average molecular weight is 436 g/mol. The summed E-state index contributed by atoms with van der Waals surface area (Å²) in [5.41, 5.74) is 3.46. The maximum atomic E-state index is 5.88. The average Bonchev–Trinajstić information content (AvgIpc) is 3.26. The van der Waals surface area contributed by atoms with Crippen LogP contribution in [0.4, 0.5) is 0 Å². The highest BCUT2D eigenvalue weighted by atomic mass is 32.1. The van der Waals surface area contributed by atoms with Crippen molar-refractivity contribution in [3.8, 4) is 16.7 Å². The van der Waals surface area contributed by atoms with E-state index in [9.17, 15) is 0 Å². The number of aliphatic imine (C=N–C) groups is 1. The summed E-state index contributed by atoms with van der Waals surface area (Å²) in [6.07, 6.45) is 8.19. The first-order valence-corrected chi connectivity index (χ1v) is 11.5. The third-order valence-corrected chi connectivity index (χ3v) is 6.43. The zero-order valence-electron chi connectivity index (χ0n) is 17.6. The highest BCUT2D eigenvalue weighted by Crippen LogP contribution is 2.29. The Morgan fingerprint density at radius 2 is 1.90 bits per heavy atom. The summed E-state index contributed by atoms with van der Waals surface area (Å²) in [6.45, 7) is 3.58. The third-order valence-electron chi connectivity index (χ3n) is 5.57. The molecule has 7 nitrogen and oxygen atoms in total. The van der Waals surface area contributed by atoms with Crippen LogP contribution in [0.3, 0.4) is 0 Å². The van der Waals surface area contributed by atoms with E-state index in [1.54, 1.807) is 18.4 Å². The lowest BCUT2D eigenvalue weighted by Crippen LogP contribution is -2.31. The molecule has 31 heavy (non-hydrogen) atoms. The van der Waals surface area contributed by atoms with Crippen molar-refractivity contribution in [3.05, 3.63) is 58.6 Å². The van der Waals surface area contributed by atoms with E-state index in [1.807, 2.05) is 36.7 Å². The van der Waals surface area contributed by atoms with Gasteiger partial charge < -0.3 is 9.47 Å². The molecule has 0 bridgehead atoms. The van der Waals surface area contributed by atoms with Gasteiger partial charge in [0.1, 0.15) is 11.5 Å². The van der Waals surface area contributed by atoms with Crippen molar-refractivity contribution < 1.29 is 9.47 Å². The summed E-state index contributed by atoms with van der Waals surface area (Å²) in [7, 11) is 1.65. The van der Waals surface area contributed by atoms with Crippen LogP contribution in [0.1, 0.15) is 41.2 Å². The second-order valence-electron chi connectivity index (χ2n) is 7.78. The molecule has 0 spiro atoms. The van der Waals surface area contributed by atoms with Crippen LogP contribution in [-0.2, 0) is 19.5 Å². The fourth-order valence-electron chi connectivity index (χ4n) is 3.90. The van der Waals surface area contributed by atoms with E-state index in [0.29, 0.717) is 5.19 Å². The molecule has 0 saturated heterocycles. The quantitative estimate of drug-likeness (QED) is 0.576. The van der Waals surface area contributed by atoms with E-state index in [0.717, 1.165) is 62.1 Å². The molecular weight excluding hydrogens is 410 g/mol. The van der Waals surface area contributed by atoms with Crippen LogP contribution in [-0.4, -0.2) is 45.8 Å². The Labute approximate surface area is 185 Å². The molecule has 2 aliphatic rings. The lowest BCUT2D eigenvalue weighted by atomic mass is 10.1. The molecule has 0 atom stereocenters. The topological polar surface area (TPSA) is 72.7 Å². The molecule has 0 saturated carbocycles. The summed E-state index contributed by atoms with van der Waals surface area (Å²) in [4.78, 5) is 22.1. The molecule has 0 radical (unpaired) electrons. The summed E-state index contributed by atoms with van der Waals surface area (Å²) < 4.78 is 11.1. The van der Waals surface area contributed by atoms with E-state index in [2.05, 4.69) is 19.9 Å². The van der Waals surface area contributed by atoms with Gasteiger partial charge in [0.15, 0.2) is 5.82 Å². The molecular formula is C23H25N5O2S.